The van der Waals surface area contributed by atoms with Crippen molar-refractivity contribution in [3.05, 3.63) is 0 Å². The molecule has 0 aliphatic carbocycles. The Bertz CT molecular complexity index is 753. The van der Waals surface area contributed by atoms with E-state index >= 15 is 0 Å². The van der Waals surface area contributed by atoms with E-state index in [4.69, 9.17) is 14.2 Å². The fourth-order valence-corrected chi connectivity index (χ4v) is 6.68. The number of carbonyl (C=O) groups excluding carboxylic acids is 3. The van der Waals surface area contributed by atoms with Crippen LogP contribution in [0, 0.1) is 0 Å². The second kappa shape index (κ2) is 41.2. The molecule has 0 bridgehead atoms. The van der Waals surface area contributed by atoms with Crippen LogP contribution in [0.15, 0.2) is 0 Å². The van der Waals surface area contributed by atoms with E-state index in [-0.39, 0.29) is 31.1 Å². The monoisotopic (exact) mass is 723 g/mol. The molecule has 0 N–H and O–H groups in total. The van der Waals surface area contributed by atoms with Crippen LogP contribution in [0.3, 0.4) is 0 Å². The Hall–Kier alpha value is -1.59. The highest BCUT2D eigenvalue weighted by molar-refractivity contribution is 5.71. The second-order valence-electron chi connectivity index (χ2n) is 15.3. The molecule has 302 valence electrons. The van der Waals surface area contributed by atoms with E-state index in [2.05, 4.69) is 20.8 Å². The molecule has 0 aliphatic heterocycles. The van der Waals surface area contributed by atoms with Gasteiger partial charge in [0.05, 0.1) is 0 Å². The van der Waals surface area contributed by atoms with Crippen molar-refractivity contribution in [3.63, 3.8) is 0 Å². The van der Waals surface area contributed by atoms with Crippen molar-refractivity contribution in [1.29, 1.82) is 0 Å². The van der Waals surface area contributed by atoms with Gasteiger partial charge in [0, 0.05) is 19.3 Å². The molecule has 0 saturated carbocycles. The minimum atomic E-state index is -0.756. The maximum Gasteiger partial charge on any atom is 0.306 e. The third-order valence-corrected chi connectivity index (χ3v) is 10.1. The normalized spacial score (nSPS) is 11.8. The minimum absolute atomic E-state index is 0.0635. The van der Waals surface area contributed by atoms with Gasteiger partial charge in [-0.1, -0.05) is 213 Å². The van der Waals surface area contributed by atoms with Gasteiger partial charge in [-0.05, 0) is 19.3 Å². The first kappa shape index (κ1) is 49.4. The number of carbonyl (C=O) groups is 3. The minimum Gasteiger partial charge on any atom is -0.462 e. The standard InChI is InChI=1S/C45H86O6/c1-4-7-10-13-16-19-20-21-22-23-24-25-26-27-30-32-35-38-44(47)50-41-42(51-45(48)39-36-33-29-18-15-12-9-6-3)40-49-43(46)37-34-31-28-17-14-11-8-5-2/h42H,4-41H2,1-3H3. The van der Waals surface area contributed by atoms with Crippen LogP contribution < -0.4 is 0 Å². The lowest BCUT2D eigenvalue weighted by Crippen LogP contribution is -2.30. The van der Waals surface area contributed by atoms with Crippen molar-refractivity contribution >= 4 is 17.9 Å². The van der Waals surface area contributed by atoms with Crippen LogP contribution in [0.5, 0.6) is 0 Å². The lowest BCUT2D eigenvalue weighted by atomic mass is 10.0. The highest BCUT2D eigenvalue weighted by atomic mass is 16.6. The molecule has 1 unspecified atom stereocenters. The average molecular weight is 723 g/mol. The average Bonchev–Trinajstić information content (AvgIpc) is 3.12. The Morgan fingerprint density at radius 2 is 0.529 bits per heavy atom. The topological polar surface area (TPSA) is 78.9 Å². The highest BCUT2D eigenvalue weighted by Gasteiger charge is 2.19. The van der Waals surface area contributed by atoms with Gasteiger partial charge >= 0.3 is 17.9 Å². The Morgan fingerprint density at radius 1 is 0.314 bits per heavy atom. The zero-order valence-corrected chi connectivity index (χ0v) is 34.4. The summed E-state index contributed by atoms with van der Waals surface area (Å²) < 4.78 is 16.6. The first-order valence-corrected chi connectivity index (χ1v) is 22.5. The lowest BCUT2D eigenvalue weighted by molar-refractivity contribution is -0.167. The van der Waals surface area contributed by atoms with Gasteiger partial charge < -0.3 is 14.2 Å². The van der Waals surface area contributed by atoms with Gasteiger partial charge in [0.25, 0.3) is 0 Å². The molecule has 0 saturated heterocycles. The first-order chi connectivity index (χ1) is 25.0. The molecule has 0 spiro atoms. The summed E-state index contributed by atoms with van der Waals surface area (Å²) in [5.74, 6) is -0.861. The molecule has 0 heterocycles. The van der Waals surface area contributed by atoms with Gasteiger partial charge in [0.2, 0.25) is 0 Å². The van der Waals surface area contributed by atoms with E-state index in [0.29, 0.717) is 19.3 Å². The van der Waals surface area contributed by atoms with Crippen molar-refractivity contribution in [1.82, 2.24) is 0 Å². The van der Waals surface area contributed by atoms with Crippen molar-refractivity contribution in [3.8, 4) is 0 Å². The molecule has 0 aromatic carbocycles. The van der Waals surface area contributed by atoms with Crippen molar-refractivity contribution in [2.45, 2.75) is 258 Å². The lowest BCUT2D eigenvalue weighted by Gasteiger charge is -2.18. The number of ether oxygens (including phenoxy) is 3. The fourth-order valence-electron chi connectivity index (χ4n) is 6.68. The Balaban J connectivity index is 4.17. The summed E-state index contributed by atoms with van der Waals surface area (Å²) in [7, 11) is 0. The van der Waals surface area contributed by atoms with Crippen LogP contribution >= 0.6 is 0 Å². The maximum absolute atomic E-state index is 12.6. The molecular weight excluding hydrogens is 636 g/mol. The summed E-state index contributed by atoms with van der Waals surface area (Å²) >= 11 is 0. The predicted molar refractivity (Wildman–Crippen MR) is 215 cm³/mol. The van der Waals surface area contributed by atoms with Gasteiger partial charge in [-0.2, -0.15) is 0 Å². The van der Waals surface area contributed by atoms with Gasteiger partial charge in [0.15, 0.2) is 6.10 Å². The van der Waals surface area contributed by atoms with Crippen LogP contribution in [0.25, 0.3) is 0 Å². The number of unbranched alkanes of at least 4 members (excludes halogenated alkanes) is 30. The van der Waals surface area contributed by atoms with Crippen LogP contribution in [0.4, 0.5) is 0 Å². The van der Waals surface area contributed by atoms with E-state index in [0.717, 1.165) is 57.8 Å². The van der Waals surface area contributed by atoms with Gasteiger partial charge in [0.1, 0.15) is 13.2 Å². The number of hydrogen-bond donors (Lipinski definition) is 0. The summed E-state index contributed by atoms with van der Waals surface area (Å²) in [6, 6.07) is 0. The van der Waals surface area contributed by atoms with Crippen molar-refractivity contribution in [2.75, 3.05) is 13.2 Å². The molecule has 0 aromatic rings. The van der Waals surface area contributed by atoms with Crippen molar-refractivity contribution in [2.24, 2.45) is 0 Å². The van der Waals surface area contributed by atoms with Crippen LogP contribution in [0.2, 0.25) is 0 Å². The summed E-state index contributed by atoms with van der Waals surface area (Å²) in [4.78, 5) is 37.5. The molecule has 0 fully saturated rings. The van der Waals surface area contributed by atoms with E-state index < -0.39 is 6.10 Å². The summed E-state index contributed by atoms with van der Waals surface area (Å²) in [6.45, 7) is 6.60. The van der Waals surface area contributed by atoms with E-state index in [1.807, 2.05) is 0 Å². The highest BCUT2D eigenvalue weighted by Crippen LogP contribution is 2.16. The quantitative estimate of drug-likeness (QED) is 0.0355. The van der Waals surface area contributed by atoms with E-state index in [1.54, 1.807) is 0 Å². The summed E-state index contributed by atoms with van der Waals surface area (Å²) in [5.41, 5.74) is 0. The summed E-state index contributed by atoms with van der Waals surface area (Å²) in [6.07, 6.45) is 41.0. The van der Waals surface area contributed by atoms with Crippen LogP contribution in [0.1, 0.15) is 252 Å². The summed E-state index contributed by atoms with van der Waals surface area (Å²) in [5, 5.41) is 0. The molecule has 6 heteroatoms. The number of hydrogen-bond acceptors (Lipinski definition) is 6. The molecule has 0 aliphatic rings. The van der Waals surface area contributed by atoms with E-state index in [9.17, 15) is 14.4 Å². The maximum atomic E-state index is 12.6. The molecule has 51 heavy (non-hydrogen) atoms. The number of rotatable bonds is 41. The number of esters is 3. The largest absolute Gasteiger partial charge is 0.462 e. The molecule has 0 rings (SSSR count). The SMILES string of the molecule is CCCCCCCCCCCCCCCCCCCC(=O)OCC(COC(=O)CCCCCCCCCC)OC(=O)CCCCCCCCCC. The Kier molecular flexibility index (Phi) is 39.9. The zero-order chi connectivity index (χ0) is 37.3. The molecule has 6 nitrogen and oxygen atoms in total. The predicted octanol–water partition coefficient (Wildman–Crippen LogP) is 14.1. The zero-order valence-electron chi connectivity index (χ0n) is 34.4. The molecular formula is C45H86O6. The molecule has 0 amide bonds. The van der Waals surface area contributed by atoms with Crippen LogP contribution in [-0.4, -0.2) is 37.2 Å². The Labute approximate surface area is 317 Å². The first-order valence-electron chi connectivity index (χ1n) is 22.5. The van der Waals surface area contributed by atoms with Crippen molar-refractivity contribution < 1.29 is 28.6 Å². The third kappa shape index (κ3) is 39.5. The van der Waals surface area contributed by atoms with Gasteiger partial charge in [-0.3, -0.25) is 14.4 Å². The molecule has 1 atom stereocenters. The second-order valence-corrected chi connectivity index (χ2v) is 15.3. The molecule has 0 aromatic heterocycles. The Morgan fingerprint density at radius 3 is 0.784 bits per heavy atom. The van der Waals surface area contributed by atoms with Gasteiger partial charge in [-0.25, -0.2) is 0 Å². The smallest absolute Gasteiger partial charge is 0.306 e. The van der Waals surface area contributed by atoms with Gasteiger partial charge in [-0.15, -0.1) is 0 Å². The fraction of sp³-hybridized carbons (Fsp3) is 0.933. The molecule has 0 radical (unpaired) electrons. The third-order valence-electron chi connectivity index (χ3n) is 10.1. The van der Waals surface area contributed by atoms with E-state index in [1.165, 1.54) is 154 Å². The van der Waals surface area contributed by atoms with Crippen LogP contribution in [-0.2, 0) is 28.6 Å².